The van der Waals surface area contributed by atoms with E-state index in [1.54, 1.807) is 11.3 Å². The molecular formula is C12H13ClN4S. The fourth-order valence-corrected chi connectivity index (χ4v) is 3.31. The quantitative estimate of drug-likeness (QED) is 0.917. The molecule has 0 atom stereocenters. The van der Waals surface area contributed by atoms with Gasteiger partial charge in [-0.2, -0.15) is 0 Å². The number of halogens is 1. The van der Waals surface area contributed by atoms with Crippen LogP contribution in [-0.2, 0) is 19.5 Å². The highest BCUT2D eigenvalue weighted by molar-refractivity contribution is 7.16. The van der Waals surface area contributed by atoms with E-state index in [4.69, 9.17) is 17.3 Å². The second kappa shape index (κ2) is 4.84. The monoisotopic (exact) mass is 280 g/mol. The highest BCUT2D eigenvalue weighted by Crippen LogP contribution is 2.25. The average Bonchev–Trinajstić information content (AvgIpc) is 2.75. The van der Waals surface area contributed by atoms with E-state index in [0.717, 1.165) is 36.1 Å². The molecule has 4 nitrogen and oxygen atoms in total. The molecule has 0 radical (unpaired) electrons. The van der Waals surface area contributed by atoms with E-state index in [-0.39, 0.29) is 0 Å². The molecule has 3 heterocycles. The summed E-state index contributed by atoms with van der Waals surface area (Å²) in [5, 5.41) is 0. The molecule has 0 saturated heterocycles. The first-order valence-corrected chi connectivity index (χ1v) is 6.97. The fraction of sp³-hybridized carbons (Fsp3) is 0.333. The second-order valence-corrected chi connectivity index (χ2v) is 6.17. The zero-order valence-corrected chi connectivity index (χ0v) is 11.3. The first kappa shape index (κ1) is 11.9. The maximum absolute atomic E-state index is 5.94. The SMILES string of the molecule is Nc1ncc2c(n1)CCN(Cc1ccc(Cl)s1)C2. The van der Waals surface area contributed by atoms with Crippen molar-refractivity contribution in [2.24, 2.45) is 0 Å². The lowest BCUT2D eigenvalue weighted by Gasteiger charge is -2.27. The lowest BCUT2D eigenvalue weighted by Crippen LogP contribution is -2.30. The molecule has 0 amide bonds. The number of thiophene rings is 1. The Balaban J connectivity index is 1.73. The number of fused-ring (bicyclic) bond motifs is 1. The van der Waals surface area contributed by atoms with Gasteiger partial charge in [0.25, 0.3) is 0 Å². The van der Waals surface area contributed by atoms with Crippen molar-refractivity contribution in [3.63, 3.8) is 0 Å². The predicted molar refractivity (Wildman–Crippen MR) is 73.6 cm³/mol. The van der Waals surface area contributed by atoms with Crippen LogP contribution in [0.2, 0.25) is 4.34 Å². The molecule has 2 aromatic heterocycles. The smallest absolute Gasteiger partial charge is 0.220 e. The standard InChI is InChI=1S/C12H13ClN4S/c13-11-2-1-9(18-11)7-17-4-3-10-8(6-17)5-15-12(14)16-10/h1-2,5H,3-4,6-7H2,(H2,14,15,16). The van der Waals surface area contributed by atoms with E-state index in [2.05, 4.69) is 20.9 Å². The Morgan fingerprint density at radius 2 is 2.33 bits per heavy atom. The number of hydrogen-bond donors (Lipinski definition) is 1. The van der Waals surface area contributed by atoms with Crippen molar-refractivity contribution in [2.45, 2.75) is 19.5 Å². The van der Waals surface area contributed by atoms with Gasteiger partial charge in [0.05, 0.1) is 10.0 Å². The lowest BCUT2D eigenvalue weighted by molar-refractivity contribution is 0.245. The van der Waals surface area contributed by atoms with Crippen molar-refractivity contribution in [2.75, 3.05) is 12.3 Å². The van der Waals surface area contributed by atoms with Crippen LogP contribution in [0.25, 0.3) is 0 Å². The van der Waals surface area contributed by atoms with Crippen molar-refractivity contribution in [3.8, 4) is 0 Å². The topological polar surface area (TPSA) is 55.0 Å². The van der Waals surface area contributed by atoms with E-state index in [1.807, 2.05) is 12.3 Å². The van der Waals surface area contributed by atoms with Crippen LogP contribution in [0.5, 0.6) is 0 Å². The molecule has 0 bridgehead atoms. The summed E-state index contributed by atoms with van der Waals surface area (Å²) in [6, 6.07) is 4.03. The van der Waals surface area contributed by atoms with Crippen LogP contribution >= 0.6 is 22.9 Å². The molecule has 0 spiro atoms. The minimum Gasteiger partial charge on any atom is -0.368 e. The summed E-state index contributed by atoms with van der Waals surface area (Å²) in [5.74, 6) is 0.368. The maximum atomic E-state index is 5.94. The summed E-state index contributed by atoms with van der Waals surface area (Å²) in [7, 11) is 0. The molecule has 6 heteroatoms. The van der Waals surface area contributed by atoms with E-state index in [1.165, 1.54) is 10.4 Å². The molecule has 0 unspecified atom stereocenters. The number of nitrogens with zero attached hydrogens (tertiary/aromatic N) is 3. The molecular weight excluding hydrogens is 268 g/mol. The number of anilines is 1. The first-order valence-electron chi connectivity index (χ1n) is 5.77. The molecule has 94 valence electrons. The normalized spacial score (nSPS) is 15.6. The van der Waals surface area contributed by atoms with Gasteiger partial charge in [-0.3, -0.25) is 4.90 Å². The molecule has 2 aromatic rings. The average molecular weight is 281 g/mol. The molecule has 0 fully saturated rings. The number of rotatable bonds is 2. The summed E-state index contributed by atoms with van der Waals surface area (Å²) in [4.78, 5) is 12.0. The van der Waals surface area contributed by atoms with Gasteiger partial charge in [-0.05, 0) is 12.1 Å². The Labute approximate surface area is 114 Å². The molecule has 0 aliphatic carbocycles. The highest BCUT2D eigenvalue weighted by Gasteiger charge is 2.18. The third-order valence-corrected chi connectivity index (χ3v) is 4.26. The Kier molecular flexibility index (Phi) is 3.20. The van der Waals surface area contributed by atoms with Gasteiger partial charge in [0, 0.05) is 42.7 Å². The Bertz CT molecular complexity index is 569. The van der Waals surface area contributed by atoms with Crippen LogP contribution in [0, 0.1) is 0 Å². The zero-order chi connectivity index (χ0) is 12.5. The second-order valence-electron chi connectivity index (χ2n) is 4.37. The lowest BCUT2D eigenvalue weighted by atomic mass is 10.1. The predicted octanol–water partition coefficient (Wildman–Crippen LogP) is 2.33. The van der Waals surface area contributed by atoms with Crippen molar-refractivity contribution >= 4 is 28.9 Å². The van der Waals surface area contributed by atoms with Crippen molar-refractivity contribution in [3.05, 3.63) is 38.8 Å². The van der Waals surface area contributed by atoms with Gasteiger partial charge in [-0.1, -0.05) is 11.6 Å². The largest absolute Gasteiger partial charge is 0.368 e. The third kappa shape index (κ3) is 2.48. The molecule has 1 aliphatic heterocycles. The minimum atomic E-state index is 0.368. The Morgan fingerprint density at radius 3 is 3.11 bits per heavy atom. The fourth-order valence-electron chi connectivity index (χ4n) is 2.18. The summed E-state index contributed by atoms with van der Waals surface area (Å²) < 4.78 is 0.846. The van der Waals surface area contributed by atoms with Gasteiger partial charge < -0.3 is 5.73 Å². The number of aromatic nitrogens is 2. The van der Waals surface area contributed by atoms with Crippen LogP contribution in [-0.4, -0.2) is 21.4 Å². The van der Waals surface area contributed by atoms with Crippen LogP contribution in [0.15, 0.2) is 18.3 Å². The van der Waals surface area contributed by atoms with Gasteiger partial charge in [0.1, 0.15) is 0 Å². The van der Waals surface area contributed by atoms with E-state index in [0.29, 0.717) is 5.95 Å². The van der Waals surface area contributed by atoms with Crippen LogP contribution in [0.1, 0.15) is 16.1 Å². The van der Waals surface area contributed by atoms with E-state index < -0.39 is 0 Å². The van der Waals surface area contributed by atoms with Crippen LogP contribution in [0.4, 0.5) is 5.95 Å². The zero-order valence-electron chi connectivity index (χ0n) is 9.77. The Morgan fingerprint density at radius 1 is 1.44 bits per heavy atom. The number of hydrogen-bond acceptors (Lipinski definition) is 5. The summed E-state index contributed by atoms with van der Waals surface area (Å²) >= 11 is 7.58. The summed E-state index contributed by atoms with van der Waals surface area (Å²) in [6.07, 6.45) is 2.77. The van der Waals surface area contributed by atoms with E-state index in [9.17, 15) is 0 Å². The first-order chi connectivity index (χ1) is 8.70. The van der Waals surface area contributed by atoms with Crippen LogP contribution < -0.4 is 5.73 Å². The molecule has 1 aliphatic rings. The molecule has 3 rings (SSSR count). The van der Waals surface area contributed by atoms with Crippen molar-refractivity contribution in [1.82, 2.24) is 14.9 Å². The third-order valence-electron chi connectivity index (χ3n) is 3.04. The number of nitrogen functional groups attached to an aromatic ring is 1. The highest BCUT2D eigenvalue weighted by atomic mass is 35.5. The maximum Gasteiger partial charge on any atom is 0.220 e. The van der Waals surface area contributed by atoms with Gasteiger partial charge >= 0.3 is 0 Å². The van der Waals surface area contributed by atoms with Gasteiger partial charge in [-0.25, -0.2) is 9.97 Å². The molecule has 18 heavy (non-hydrogen) atoms. The molecule has 0 aromatic carbocycles. The van der Waals surface area contributed by atoms with Crippen molar-refractivity contribution in [1.29, 1.82) is 0 Å². The Hall–Kier alpha value is -1.17. The molecule has 2 N–H and O–H groups in total. The van der Waals surface area contributed by atoms with Gasteiger partial charge in [0.15, 0.2) is 0 Å². The van der Waals surface area contributed by atoms with Crippen LogP contribution in [0.3, 0.4) is 0 Å². The van der Waals surface area contributed by atoms with E-state index >= 15 is 0 Å². The van der Waals surface area contributed by atoms with Gasteiger partial charge in [0.2, 0.25) is 5.95 Å². The van der Waals surface area contributed by atoms with Crippen molar-refractivity contribution < 1.29 is 0 Å². The number of nitrogens with two attached hydrogens (primary N) is 1. The molecule has 0 saturated carbocycles. The minimum absolute atomic E-state index is 0.368. The summed E-state index contributed by atoms with van der Waals surface area (Å²) in [5.41, 5.74) is 7.86. The van der Waals surface area contributed by atoms with Gasteiger partial charge in [-0.15, -0.1) is 11.3 Å². The summed E-state index contributed by atoms with van der Waals surface area (Å²) in [6.45, 7) is 2.81.